The van der Waals surface area contributed by atoms with E-state index in [-0.39, 0.29) is 5.41 Å². The zero-order valence-corrected chi connectivity index (χ0v) is 13.2. The Bertz CT molecular complexity index is 455. The normalized spacial score (nSPS) is 30.5. The van der Waals surface area contributed by atoms with Gasteiger partial charge in [-0.05, 0) is 37.0 Å². The highest BCUT2D eigenvalue weighted by Gasteiger charge is 2.45. The van der Waals surface area contributed by atoms with Crippen molar-refractivity contribution in [3.05, 3.63) is 16.9 Å². The topological polar surface area (TPSA) is 38.0 Å². The van der Waals surface area contributed by atoms with E-state index in [1.807, 2.05) is 4.68 Å². The second-order valence-corrected chi connectivity index (χ2v) is 7.36. The predicted octanol–water partition coefficient (Wildman–Crippen LogP) is 3.98. The van der Waals surface area contributed by atoms with E-state index in [2.05, 4.69) is 32.8 Å². The number of rotatable bonds is 3. The Morgan fingerprint density at radius 1 is 1.47 bits per heavy atom. The van der Waals surface area contributed by atoms with Crippen LogP contribution in [-0.4, -0.2) is 14.9 Å². The molecule has 3 nitrogen and oxygen atoms in total. The first-order valence-corrected chi connectivity index (χ1v) is 7.59. The first kappa shape index (κ1) is 14.9. The molecule has 1 N–H and O–H groups in total. The van der Waals surface area contributed by atoms with E-state index >= 15 is 0 Å². The number of nitrogens with zero attached hydrogens (tertiary/aromatic N) is 2. The Balaban J connectivity index is 2.41. The summed E-state index contributed by atoms with van der Waals surface area (Å²) in [5, 5.41) is 16.1. The Hall–Kier alpha value is -0.540. The summed E-state index contributed by atoms with van der Waals surface area (Å²) in [6.07, 6.45) is 5.32. The molecule has 2 atom stereocenters. The van der Waals surface area contributed by atoms with Crippen LogP contribution < -0.4 is 0 Å². The molecule has 0 amide bonds. The van der Waals surface area contributed by atoms with Crippen molar-refractivity contribution < 1.29 is 5.11 Å². The van der Waals surface area contributed by atoms with Gasteiger partial charge < -0.3 is 5.11 Å². The zero-order chi connectivity index (χ0) is 14.3. The molecule has 4 heteroatoms. The molecule has 0 radical (unpaired) electrons. The maximum Gasteiger partial charge on any atom is 0.108 e. The predicted molar refractivity (Wildman–Crippen MR) is 78.2 cm³/mol. The van der Waals surface area contributed by atoms with Crippen LogP contribution in [0.25, 0.3) is 0 Å². The van der Waals surface area contributed by atoms with Crippen LogP contribution in [0.4, 0.5) is 0 Å². The summed E-state index contributed by atoms with van der Waals surface area (Å²) in [4.78, 5) is 0. The molecule has 1 saturated carbocycles. The average Bonchev–Trinajstić information content (AvgIpc) is 2.57. The van der Waals surface area contributed by atoms with Gasteiger partial charge in [0.05, 0.1) is 16.9 Å². The molecule has 0 bridgehead atoms. The first-order valence-electron chi connectivity index (χ1n) is 7.21. The van der Waals surface area contributed by atoms with E-state index in [1.54, 1.807) is 6.20 Å². The number of halogens is 1. The molecule has 2 unspecified atom stereocenters. The number of hydrogen-bond donors (Lipinski definition) is 1. The Kier molecular flexibility index (Phi) is 3.99. The van der Waals surface area contributed by atoms with Gasteiger partial charge in [-0.2, -0.15) is 5.10 Å². The van der Waals surface area contributed by atoms with Crippen LogP contribution in [0.5, 0.6) is 0 Å². The minimum atomic E-state index is -0.843. The molecule has 1 aliphatic rings. The maximum absolute atomic E-state index is 11.2. The third-order valence-corrected chi connectivity index (χ3v) is 4.31. The summed E-state index contributed by atoms with van der Waals surface area (Å²) in [5.74, 6) is 0.495. The molecule has 1 fully saturated rings. The minimum absolute atomic E-state index is 0.136. The molecular formula is C15H25ClN2O. The third kappa shape index (κ3) is 2.97. The highest BCUT2D eigenvalue weighted by Crippen LogP contribution is 2.49. The molecular weight excluding hydrogens is 260 g/mol. The molecule has 0 saturated heterocycles. The summed E-state index contributed by atoms with van der Waals surface area (Å²) in [6, 6.07) is 0. The van der Waals surface area contributed by atoms with Crippen LogP contribution >= 0.6 is 11.6 Å². The molecule has 0 aliphatic heterocycles. The Labute approximate surface area is 121 Å². The van der Waals surface area contributed by atoms with Crippen molar-refractivity contribution in [2.24, 2.45) is 11.3 Å². The van der Waals surface area contributed by atoms with Gasteiger partial charge in [-0.3, -0.25) is 4.68 Å². The van der Waals surface area contributed by atoms with Crippen LogP contribution in [-0.2, 0) is 12.1 Å². The molecule has 2 rings (SSSR count). The van der Waals surface area contributed by atoms with E-state index in [0.717, 1.165) is 37.9 Å². The quantitative estimate of drug-likeness (QED) is 0.912. The van der Waals surface area contributed by atoms with E-state index in [1.165, 1.54) is 0 Å². The molecule has 1 aliphatic carbocycles. The van der Waals surface area contributed by atoms with Crippen LogP contribution in [0.3, 0.4) is 0 Å². The maximum atomic E-state index is 11.2. The number of hydrogen-bond acceptors (Lipinski definition) is 2. The molecule has 19 heavy (non-hydrogen) atoms. The van der Waals surface area contributed by atoms with Crippen molar-refractivity contribution >= 4 is 11.6 Å². The van der Waals surface area contributed by atoms with Gasteiger partial charge >= 0.3 is 0 Å². The lowest BCUT2D eigenvalue weighted by Gasteiger charge is -2.44. The molecule has 0 spiro atoms. The van der Waals surface area contributed by atoms with Gasteiger partial charge in [0.15, 0.2) is 0 Å². The molecule has 1 heterocycles. The summed E-state index contributed by atoms with van der Waals surface area (Å²) in [6.45, 7) is 9.57. The largest absolute Gasteiger partial charge is 0.383 e. The van der Waals surface area contributed by atoms with Crippen molar-refractivity contribution in [3.8, 4) is 0 Å². The molecule has 108 valence electrons. The van der Waals surface area contributed by atoms with Crippen molar-refractivity contribution in [1.29, 1.82) is 0 Å². The fourth-order valence-electron chi connectivity index (χ4n) is 3.91. The number of aryl methyl sites for hydroxylation is 1. The summed E-state index contributed by atoms with van der Waals surface area (Å²) >= 11 is 6.30. The van der Waals surface area contributed by atoms with Crippen molar-refractivity contribution in [2.45, 2.75) is 65.5 Å². The van der Waals surface area contributed by atoms with Crippen molar-refractivity contribution in [1.82, 2.24) is 9.78 Å². The fraction of sp³-hybridized carbons (Fsp3) is 0.800. The van der Waals surface area contributed by atoms with Gasteiger partial charge in [-0.1, -0.05) is 39.3 Å². The summed E-state index contributed by atoms with van der Waals surface area (Å²) in [7, 11) is 0. The SMILES string of the molecule is CCCn1ncc(Cl)c1C1(O)CC(C)CC(C)(C)C1. The Morgan fingerprint density at radius 2 is 2.16 bits per heavy atom. The number of aromatic nitrogens is 2. The highest BCUT2D eigenvalue weighted by molar-refractivity contribution is 6.31. The van der Waals surface area contributed by atoms with Crippen LogP contribution in [0.1, 0.15) is 59.1 Å². The monoisotopic (exact) mass is 284 g/mol. The van der Waals surface area contributed by atoms with Gasteiger partial charge in [0.1, 0.15) is 5.60 Å². The first-order chi connectivity index (χ1) is 8.77. The molecule has 1 aromatic heterocycles. The van der Waals surface area contributed by atoms with Crippen LogP contribution in [0.15, 0.2) is 6.20 Å². The highest BCUT2D eigenvalue weighted by atomic mass is 35.5. The van der Waals surface area contributed by atoms with E-state index in [0.29, 0.717) is 10.9 Å². The summed E-state index contributed by atoms with van der Waals surface area (Å²) < 4.78 is 1.89. The standard InChI is InChI=1S/C15H25ClN2O/c1-5-6-18-13(12(16)9-17-18)15(19)8-11(2)7-14(3,4)10-15/h9,11,19H,5-8,10H2,1-4H3. The third-order valence-electron chi connectivity index (χ3n) is 4.03. The molecule has 0 aromatic carbocycles. The van der Waals surface area contributed by atoms with Crippen LogP contribution in [0, 0.1) is 11.3 Å². The van der Waals surface area contributed by atoms with Gasteiger partial charge in [-0.25, -0.2) is 0 Å². The van der Waals surface area contributed by atoms with Crippen molar-refractivity contribution in [3.63, 3.8) is 0 Å². The van der Waals surface area contributed by atoms with E-state index in [9.17, 15) is 5.11 Å². The lowest BCUT2D eigenvalue weighted by molar-refractivity contribution is -0.0694. The van der Waals surface area contributed by atoms with Crippen molar-refractivity contribution in [2.75, 3.05) is 0 Å². The lowest BCUT2D eigenvalue weighted by atomic mass is 9.65. The number of aliphatic hydroxyl groups is 1. The molecule has 1 aromatic rings. The second-order valence-electron chi connectivity index (χ2n) is 6.95. The van der Waals surface area contributed by atoms with Gasteiger partial charge in [-0.15, -0.1) is 0 Å². The fourth-order valence-corrected chi connectivity index (χ4v) is 4.23. The second kappa shape index (κ2) is 5.10. The lowest BCUT2D eigenvalue weighted by Crippen LogP contribution is -2.41. The van der Waals surface area contributed by atoms with Crippen LogP contribution in [0.2, 0.25) is 5.02 Å². The average molecular weight is 285 g/mol. The zero-order valence-electron chi connectivity index (χ0n) is 12.4. The smallest absolute Gasteiger partial charge is 0.108 e. The summed E-state index contributed by atoms with van der Waals surface area (Å²) in [5.41, 5.74) is 0.108. The van der Waals surface area contributed by atoms with E-state index in [4.69, 9.17) is 11.6 Å². The Morgan fingerprint density at radius 3 is 2.74 bits per heavy atom. The minimum Gasteiger partial charge on any atom is -0.383 e. The van der Waals surface area contributed by atoms with Gasteiger partial charge in [0.2, 0.25) is 0 Å². The van der Waals surface area contributed by atoms with Gasteiger partial charge in [0.25, 0.3) is 0 Å². The van der Waals surface area contributed by atoms with E-state index < -0.39 is 5.60 Å². The van der Waals surface area contributed by atoms with Gasteiger partial charge in [0, 0.05) is 6.54 Å².